The molecule has 0 aromatic heterocycles. The molecule has 0 bridgehead atoms. The molecule has 17 heteroatoms. The maximum Gasteiger partial charge on any atom is 0.337 e. The molecule has 0 saturated heterocycles. The molecule has 1 heterocycles. The van der Waals surface area contributed by atoms with E-state index in [0.717, 1.165) is 11.8 Å². The third kappa shape index (κ3) is 8.49. The monoisotopic (exact) mass is 926 g/mol. The van der Waals surface area contributed by atoms with Crippen molar-refractivity contribution >= 4 is 96.0 Å². The lowest BCUT2D eigenvalue weighted by Crippen LogP contribution is -2.35. The van der Waals surface area contributed by atoms with Gasteiger partial charge in [-0.2, -0.15) is 16.8 Å². The van der Waals surface area contributed by atoms with Gasteiger partial charge in [-0.05, 0) is 76.0 Å². The average molecular weight is 928 g/mol. The lowest BCUT2D eigenvalue weighted by Gasteiger charge is -2.38. The Morgan fingerprint density at radius 2 is 1.47 bits per heavy atom. The molecule has 3 aliphatic rings. The number of halogens is 3. The number of carboxylic acids is 1. The van der Waals surface area contributed by atoms with E-state index in [9.17, 15) is 45.4 Å². The number of rotatable bonds is 11. The minimum atomic E-state index is -5.20. The highest BCUT2D eigenvalue weighted by Gasteiger charge is 2.43. The Labute approximate surface area is 363 Å². The zero-order valence-corrected chi connectivity index (χ0v) is 38.4. The largest absolute Gasteiger partial charge is 0.478 e. The average Bonchev–Trinajstić information content (AvgIpc) is 3.07. The maximum absolute atomic E-state index is 13.6. The molecule has 3 aromatic rings. The predicted octanol–water partition coefficient (Wildman–Crippen LogP) is 9.25. The van der Waals surface area contributed by atoms with Crippen LogP contribution in [-0.4, -0.2) is 54.3 Å². The van der Waals surface area contributed by atoms with Crippen molar-refractivity contribution in [1.29, 1.82) is 0 Å². The summed E-state index contributed by atoms with van der Waals surface area (Å²) in [5.74, 6) is -4.19. The molecule has 3 N–H and O–H groups in total. The van der Waals surface area contributed by atoms with Crippen LogP contribution < -0.4 is 15.2 Å². The molecule has 0 radical (unpaired) electrons. The summed E-state index contributed by atoms with van der Waals surface area (Å²) in [6, 6.07) is 3.25. The number of Topliss-reactive ketones (excluding diaryl/α,β-unsaturated/α-hetero) is 2. The third-order valence-electron chi connectivity index (χ3n) is 11.3. The van der Waals surface area contributed by atoms with Crippen LogP contribution in [0.5, 0.6) is 11.5 Å². The Morgan fingerprint density at radius 3 is 2.05 bits per heavy atom. The summed E-state index contributed by atoms with van der Waals surface area (Å²) < 4.78 is 83.0. The number of thioether (sulfide) groups is 1. The second kappa shape index (κ2) is 15.7. The molecule has 0 fully saturated rings. The van der Waals surface area contributed by atoms with Gasteiger partial charge in [0.2, 0.25) is 0 Å². The van der Waals surface area contributed by atoms with E-state index in [-0.39, 0.29) is 102 Å². The summed E-state index contributed by atoms with van der Waals surface area (Å²) in [6.45, 7) is 14.9. The summed E-state index contributed by atoms with van der Waals surface area (Å²) in [5, 5.41) is 9.80. The molecule has 1 aliphatic heterocycles. The molecule has 2 atom stereocenters. The number of ether oxygens (including phenoxy) is 1. The second-order valence-corrected chi connectivity index (χ2v) is 22.5. The van der Waals surface area contributed by atoms with E-state index in [2.05, 4.69) is 0 Å². The van der Waals surface area contributed by atoms with Gasteiger partial charge in [-0.1, -0.05) is 96.3 Å². The molecular formula is C42H45Cl3O11S3. The number of ketones is 2. The van der Waals surface area contributed by atoms with Gasteiger partial charge >= 0.3 is 5.97 Å². The van der Waals surface area contributed by atoms with Crippen LogP contribution in [0.15, 0.2) is 26.8 Å². The summed E-state index contributed by atoms with van der Waals surface area (Å²) >= 11 is 21.6. The number of fused-ring (bicyclic) bond motifs is 4. The Bertz CT molecular complexity index is 2740. The normalized spacial score (nSPS) is 19.2. The van der Waals surface area contributed by atoms with Crippen LogP contribution in [-0.2, 0) is 36.2 Å². The lowest BCUT2D eigenvalue weighted by atomic mass is 9.69. The SMILES string of the molecule is CC(C)C(=O)CCC(=O)CSc1c(Cl)c(Cl)c(C(=O)O)c(C2=c3cc4c(c(S(=O)(=O)O)c3Oc3c2cc2c(c3S(=O)(=O)O)CC(C)(C)CC2C)=CC(C)(C)CC4C)c1Cl. The third-order valence-corrected chi connectivity index (χ3v) is 15.8. The van der Waals surface area contributed by atoms with Gasteiger partial charge in [-0.3, -0.25) is 18.7 Å². The van der Waals surface area contributed by atoms with E-state index < -0.39 is 68.9 Å². The van der Waals surface area contributed by atoms with Crippen molar-refractivity contribution in [2.24, 2.45) is 16.7 Å². The summed E-state index contributed by atoms with van der Waals surface area (Å²) in [5.41, 5.74) is -0.912. The van der Waals surface area contributed by atoms with Gasteiger partial charge in [0.15, 0.2) is 11.5 Å². The minimum Gasteiger partial charge on any atom is -0.478 e. The van der Waals surface area contributed by atoms with E-state index in [1.165, 1.54) is 0 Å². The number of benzene rings is 3. The first-order valence-corrected chi connectivity index (χ1v) is 23.9. The molecule has 6 rings (SSSR count). The van der Waals surface area contributed by atoms with Gasteiger partial charge in [-0.25, -0.2) is 4.79 Å². The highest BCUT2D eigenvalue weighted by molar-refractivity contribution is 8.00. The molecule has 0 amide bonds. The van der Waals surface area contributed by atoms with E-state index in [1.54, 1.807) is 32.1 Å². The Hall–Kier alpha value is -2.95. The van der Waals surface area contributed by atoms with Crippen molar-refractivity contribution in [1.82, 2.24) is 0 Å². The maximum atomic E-state index is 13.6. The number of carbonyl (C=O) groups excluding carboxylic acids is 2. The van der Waals surface area contributed by atoms with Crippen LogP contribution in [0, 0.1) is 16.7 Å². The number of hydrogen-bond donors (Lipinski definition) is 3. The summed E-state index contributed by atoms with van der Waals surface area (Å²) in [4.78, 5) is 37.3. The summed E-state index contributed by atoms with van der Waals surface area (Å²) in [7, 11) is -10.4. The van der Waals surface area contributed by atoms with Gasteiger partial charge in [0, 0.05) is 45.6 Å². The first kappa shape index (κ1) is 45.6. The van der Waals surface area contributed by atoms with Crippen LogP contribution in [0.2, 0.25) is 15.1 Å². The van der Waals surface area contributed by atoms with Crippen molar-refractivity contribution in [3.8, 4) is 11.5 Å². The van der Waals surface area contributed by atoms with E-state index in [0.29, 0.717) is 24.0 Å². The number of carbonyl (C=O) groups is 3. The topological polar surface area (TPSA) is 189 Å². The molecule has 2 unspecified atom stereocenters. The highest BCUT2D eigenvalue weighted by atomic mass is 35.5. The Balaban J connectivity index is 1.83. The highest BCUT2D eigenvalue weighted by Crippen LogP contribution is 2.54. The van der Waals surface area contributed by atoms with Gasteiger partial charge in [0.05, 0.1) is 26.4 Å². The van der Waals surface area contributed by atoms with Crippen LogP contribution >= 0.6 is 46.6 Å². The lowest BCUT2D eigenvalue weighted by molar-refractivity contribution is -0.125. The van der Waals surface area contributed by atoms with E-state index in [1.807, 2.05) is 41.5 Å². The van der Waals surface area contributed by atoms with Gasteiger partial charge < -0.3 is 9.84 Å². The summed E-state index contributed by atoms with van der Waals surface area (Å²) in [6.07, 6.45) is 2.94. The fraction of sp³-hybridized carbons (Fsp3) is 0.452. The van der Waals surface area contributed by atoms with Crippen LogP contribution in [0.1, 0.15) is 131 Å². The molecule has 2 aliphatic carbocycles. The first-order valence-electron chi connectivity index (χ1n) is 18.9. The smallest absolute Gasteiger partial charge is 0.337 e. The van der Waals surface area contributed by atoms with Crippen molar-refractivity contribution in [3.63, 3.8) is 0 Å². The number of hydrogen-bond acceptors (Lipinski definition) is 9. The molecule has 318 valence electrons. The van der Waals surface area contributed by atoms with E-state index in [4.69, 9.17) is 39.5 Å². The first-order chi connectivity index (χ1) is 27.1. The van der Waals surface area contributed by atoms with Crippen LogP contribution in [0.3, 0.4) is 0 Å². The zero-order chi connectivity index (χ0) is 44.1. The molecule has 11 nitrogen and oxygen atoms in total. The molecule has 0 saturated carbocycles. The van der Waals surface area contributed by atoms with Crippen molar-refractivity contribution in [2.45, 2.75) is 114 Å². The number of aromatic carboxylic acids is 1. The zero-order valence-electron chi connectivity index (χ0n) is 33.7. The van der Waals surface area contributed by atoms with Crippen molar-refractivity contribution in [3.05, 3.63) is 71.0 Å². The fourth-order valence-corrected chi connectivity index (χ4v) is 12.8. The van der Waals surface area contributed by atoms with Crippen LogP contribution in [0.4, 0.5) is 0 Å². The van der Waals surface area contributed by atoms with Crippen LogP contribution in [0.25, 0.3) is 11.6 Å². The quantitative estimate of drug-likeness (QED) is 0.0736. The van der Waals surface area contributed by atoms with Crippen molar-refractivity contribution in [2.75, 3.05) is 5.75 Å². The second-order valence-electron chi connectivity index (χ2n) is 17.6. The van der Waals surface area contributed by atoms with E-state index >= 15 is 0 Å². The minimum absolute atomic E-state index is 0.0107. The number of carboxylic acid groups (broad SMARTS) is 1. The predicted molar refractivity (Wildman–Crippen MR) is 228 cm³/mol. The molecule has 59 heavy (non-hydrogen) atoms. The Kier molecular flexibility index (Phi) is 12.2. The van der Waals surface area contributed by atoms with Crippen molar-refractivity contribution < 1.29 is 50.2 Å². The molecular weight excluding hydrogens is 883 g/mol. The van der Waals surface area contributed by atoms with Gasteiger partial charge in [0.1, 0.15) is 21.4 Å². The standard InChI is InChI=1S/C42H45Cl3O11S3/c1-18(2)28(47)10-9-21(46)17-57-37-33(44)30(31(40(48)49)32(43)34(37)45)29-24-11-22-19(3)13-41(5,6)15-26(22)38(58(50,51)52)35(24)56-36-25(29)12-23-20(4)14-42(7,8)16-27(23)39(36)59(53,54)55/h11-12,15,18-20H,9-10,13-14,16-17H2,1-8H3,(H,48,49)(H,50,51,52)(H,53,54,55). The molecule has 0 spiro atoms. The molecule has 3 aromatic carbocycles. The fourth-order valence-electron chi connectivity index (χ4n) is 8.99. The Morgan fingerprint density at radius 1 is 0.864 bits per heavy atom. The van der Waals surface area contributed by atoms with Gasteiger partial charge in [0.25, 0.3) is 20.2 Å². The van der Waals surface area contributed by atoms with Gasteiger partial charge in [-0.15, -0.1) is 11.8 Å².